The molecule has 1 aromatic heterocycles. The number of hydrogen-bond acceptors (Lipinski definition) is 5. The van der Waals surface area contributed by atoms with Crippen molar-refractivity contribution in [3.8, 4) is 0 Å². The molecule has 0 aliphatic heterocycles. The Kier molecular flexibility index (Phi) is 9.04. The van der Waals surface area contributed by atoms with Gasteiger partial charge in [-0.2, -0.15) is 4.31 Å². The number of thiophene rings is 1. The predicted octanol–water partition coefficient (Wildman–Crippen LogP) is 5.30. The maximum atomic E-state index is 13.9. The third-order valence-corrected chi connectivity index (χ3v) is 8.77. The average Bonchev–Trinajstić information content (AvgIpc) is 3.42. The van der Waals surface area contributed by atoms with Gasteiger partial charge in [0.05, 0.1) is 18.0 Å². The molecule has 0 aliphatic rings. The Balaban J connectivity index is 1.64. The number of amides is 1. The molecule has 4 aromatic rings. The molecule has 0 fully saturated rings. The molecule has 1 amide bonds. The summed E-state index contributed by atoms with van der Waals surface area (Å²) in [6.45, 7) is 0.742. The smallest absolute Gasteiger partial charge is 0.244 e. The number of benzene rings is 3. The maximum absolute atomic E-state index is 13.9. The molecule has 4 rings (SSSR count). The van der Waals surface area contributed by atoms with E-state index in [1.165, 1.54) is 27.8 Å². The molecule has 194 valence electrons. The van der Waals surface area contributed by atoms with Crippen LogP contribution >= 0.6 is 11.3 Å². The van der Waals surface area contributed by atoms with Gasteiger partial charge in [0.25, 0.3) is 0 Å². The number of sulfonamides is 1. The highest BCUT2D eigenvalue weighted by molar-refractivity contribution is 7.89. The van der Waals surface area contributed by atoms with Crippen molar-refractivity contribution in [2.24, 2.45) is 0 Å². The summed E-state index contributed by atoms with van der Waals surface area (Å²) in [5.74, 6) is -0.690. The third kappa shape index (κ3) is 6.81. The second-order valence-corrected chi connectivity index (χ2v) is 11.6. The lowest BCUT2D eigenvalue weighted by Crippen LogP contribution is -2.43. The van der Waals surface area contributed by atoms with Crippen LogP contribution in [0.1, 0.15) is 16.9 Å². The largest absolute Gasteiger partial charge is 0.385 e. The van der Waals surface area contributed by atoms with Crippen molar-refractivity contribution in [3.63, 3.8) is 0 Å². The molecule has 0 bridgehead atoms. The molecule has 0 saturated heterocycles. The van der Waals surface area contributed by atoms with Crippen LogP contribution in [0.5, 0.6) is 0 Å². The van der Waals surface area contributed by atoms with Gasteiger partial charge in [-0.25, -0.2) is 12.8 Å². The van der Waals surface area contributed by atoms with E-state index in [1.807, 2.05) is 35.7 Å². The topological polar surface area (TPSA) is 66.9 Å². The van der Waals surface area contributed by atoms with E-state index in [9.17, 15) is 17.6 Å². The molecule has 0 unspecified atom stereocenters. The maximum Gasteiger partial charge on any atom is 0.244 e. The van der Waals surface area contributed by atoms with E-state index in [0.717, 1.165) is 15.8 Å². The first kappa shape index (κ1) is 26.9. The number of rotatable bonds is 12. The van der Waals surface area contributed by atoms with Gasteiger partial charge >= 0.3 is 0 Å². The SMILES string of the molecule is COCCCN(CC(=O)N(Cc1ccc(F)cc1)Cc1cccs1)S(=O)(=O)c1cccc2ccccc12. The predicted molar refractivity (Wildman–Crippen MR) is 144 cm³/mol. The fourth-order valence-electron chi connectivity index (χ4n) is 4.11. The first-order valence-electron chi connectivity index (χ1n) is 11.9. The summed E-state index contributed by atoms with van der Waals surface area (Å²) < 4.78 is 47.6. The van der Waals surface area contributed by atoms with Gasteiger partial charge in [0.2, 0.25) is 15.9 Å². The standard InChI is InChI=1S/C28H29FN2O4S2/c1-35-17-6-16-31(37(33,34)27-11-4-8-23-7-2-3-10-26(23)27)21-28(32)30(20-25-9-5-18-36-25)19-22-12-14-24(29)15-13-22/h2-5,7-15,18H,6,16-17,19-21H2,1H3. The van der Waals surface area contributed by atoms with Gasteiger partial charge in [-0.3, -0.25) is 4.79 Å². The number of ether oxygens (including phenoxy) is 1. The summed E-state index contributed by atoms with van der Waals surface area (Å²) in [7, 11) is -2.44. The molecular formula is C28H29FN2O4S2. The highest BCUT2D eigenvalue weighted by Gasteiger charge is 2.30. The number of nitrogens with zero attached hydrogens (tertiary/aromatic N) is 2. The van der Waals surface area contributed by atoms with Crippen molar-refractivity contribution >= 4 is 38.0 Å². The van der Waals surface area contributed by atoms with Crippen LogP contribution in [-0.2, 0) is 32.6 Å². The van der Waals surface area contributed by atoms with Crippen molar-refractivity contribution in [3.05, 3.63) is 101 Å². The second-order valence-electron chi connectivity index (χ2n) is 8.62. The zero-order chi connectivity index (χ0) is 26.3. The monoisotopic (exact) mass is 540 g/mol. The van der Waals surface area contributed by atoms with Crippen LogP contribution < -0.4 is 0 Å². The summed E-state index contributed by atoms with van der Waals surface area (Å²) in [5.41, 5.74) is 0.758. The van der Waals surface area contributed by atoms with Crippen molar-refractivity contribution in [1.82, 2.24) is 9.21 Å². The van der Waals surface area contributed by atoms with Gasteiger partial charge in [0.1, 0.15) is 5.82 Å². The van der Waals surface area contributed by atoms with Crippen LogP contribution in [0.3, 0.4) is 0 Å². The Hall–Kier alpha value is -3.11. The van der Waals surface area contributed by atoms with Gasteiger partial charge in [-0.1, -0.05) is 54.6 Å². The summed E-state index contributed by atoms with van der Waals surface area (Å²) in [5, 5.41) is 3.34. The molecule has 3 aromatic carbocycles. The van der Waals surface area contributed by atoms with Gasteiger partial charge in [-0.05, 0) is 47.0 Å². The van der Waals surface area contributed by atoms with E-state index >= 15 is 0 Å². The fourth-order valence-corrected chi connectivity index (χ4v) is 6.47. The summed E-state index contributed by atoms with van der Waals surface area (Å²) in [6.07, 6.45) is 0.441. The molecule has 0 atom stereocenters. The van der Waals surface area contributed by atoms with Crippen LogP contribution in [0, 0.1) is 5.82 Å². The van der Waals surface area contributed by atoms with Crippen molar-refractivity contribution in [1.29, 1.82) is 0 Å². The van der Waals surface area contributed by atoms with Gasteiger partial charge in [0, 0.05) is 37.1 Å². The van der Waals surface area contributed by atoms with E-state index in [0.29, 0.717) is 25.0 Å². The Morgan fingerprint density at radius 2 is 1.70 bits per heavy atom. The summed E-state index contributed by atoms with van der Waals surface area (Å²) in [4.78, 5) is 16.4. The fraction of sp³-hybridized carbons (Fsp3) is 0.250. The molecule has 37 heavy (non-hydrogen) atoms. The van der Waals surface area contributed by atoms with Crippen LogP contribution in [0.15, 0.2) is 89.1 Å². The third-order valence-electron chi connectivity index (χ3n) is 6.00. The van der Waals surface area contributed by atoms with E-state index < -0.39 is 10.0 Å². The highest BCUT2D eigenvalue weighted by Crippen LogP contribution is 2.26. The molecule has 9 heteroatoms. The van der Waals surface area contributed by atoms with E-state index in [1.54, 1.807) is 48.4 Å². The Morgan fingerprint density at radius 1 is 0.946 bits per heavy atom. The minimum absolute atomic E-state index is 0.133. The average molecular weight is 541 g/mol. The summed E-state index contributed by atoms with van der Waals surface area (Å²) >= 11 is 1.52. The lowest BCUT2D eigenvalue weighted by Gasteiger charge is -2.27. The number of carbonyl (C=O) groups is 1. The number of fused-ring (bicyclic) bond motifs is 1. The molecule has 0 N–H and O–H groups in total. The van der Waals surface area contributed by atoms with Crippen molar-refractivity contribution < 1.29 is 22.3 Å². The molecule has 0 radical (unpaired) electrons. The molecule has 1 heterocycles. The number of halogens is 1. The zero-order valence-corrected chi connectivity index (χ0v) is 22.2. The van der Waals surface area contributed by atoms with E-state index in [2.05, 4.69) is 0 Å². The Labute approximate surface area is 221 Å². The van der Waals surface area contributed by atoms with Crippen LogP contribution in [-0.4, -0.2) is 50.3 Å². The van der Waals surface area contributed by atoms with E-state index in [4.69, 9.17) is 4.74 Å². The minimum Gasteiger partial charge on any atom is -0.385 e. The molecule has 0 aliphatic carbocycles. The highest BCUT2D eigenvalue weighted by atomic mass is 32.2. The Bertz CT molecular complexity index is 1420. The van der Waals surface area contributed by atoms with Gasteiger partial charge in [-0.15, -0.1) is 11.3 Å². The Morgan fingerprint density at radius 3 is 2.43 bits per heavy atom. The number of carbonyl (C=O) groups excluding carboxylic acids is 1. The molecule has 0 saturated carbocycles. The molecule has 6 nitrogen and oxygen atoms in total. The van der Waals surface area contributed by atoms with Crippen molar-refractivity contribution in [2.45, 2.75) is 24.4 Å². The number of methoxy groups -OCH3 is 1. The van der Waals surface area contributed by atoms with Gasteiger partial charge in [0.15, 0.2) is 0 Å². The van der Waals surface area contributed by atoms with Crippen LogP contribution in [0.25, 0.3) is 10.8 Å². The quantitative estimate of drug-likeness (QED) is 0.229. The summed E-state index contributed by atoms with van der Waals surface area (Å²) in [6, 6.07) is 22.2. The molecule has 0 spiro atoms. The number of hydrogen-bond donors (Lipinski definition) is 0. The minimum atomic E-state index is -3.99. The van der Waals surface area contributed by atoms with Crippen LogP contribution in [0.4, 0.5) is 4.39 Å². The second kappa shape index (κ2) is 12.4. The first-order chi connectivity index (χ1) is 17.9. The first-order valence-corrected chi connectivity index (χ1v) is 14.2. The zero-order valence-electron chi connectivity index (χ0n) is 20.5. The van der Waals surface area contributed by atoms with Gasteiger partial charge < -0.3 is 9.64 Å². The normalized spacial score (nSPS) is 11.8. The van der Waals surface area contributed by atoms with Crippen LogP contribution in [0.2, 0.25) is 0 Å². The molecular weight excluding hydrogens is 511 g/mol. The van der Waals surface area contributed by atoms with E-state index in [-0.39, 0.29) is 36.3 Å². The lowest BCUT2D eigenvalue weighted by atomic mass is 10.1. The van der Waals surface area contributed by atoms with Crippen molar-refractivity contribution in [2.75, 3.05) is 26.8 Å². The lowest BCUT2D eigenvalue weighted by molar-refractivity contribution is -0.132.